The first kappa shape index (κ1) is 18.8. The predicted molar refractivity (Wildman–Crippen MR) is 110 cm³/mol. The highest BCUT2D eigenvalue weighted by Crippen LogP contribution is 2.38. The molecule has 29 heavy (non-hydrogen) atoms. The van der Waals surface area contributed by atoms with Gasteiger partial charge >= 0.3 is 0 Å². The molecule has 0 aliphatic carbocycles. The maximum absolute atomic E-state index is 12.7. The van der Waals surface area contributed by atoms with Crippen LogP contribution in [0, 0.1) is 0 Å². The molecule has 0 radical (unpaired) electrons. The van der Waals surface area contributed by atoms with Crippen molar-refractivity contribution in [2.45, 2.75) is 12.5 Å². The Balaban J connectivity index is 1.46. The van der Waals surface area contributed by atoms with Crippen molar-refractivity contribution in [3.63, 3.8) is 0 Å². The maximum atomic E-state index is 12.7. The summed E-state index contributed by atoms with van der Waals surface area (Å²) in [4.78, 5) is 16.8. The van der Waals surface area contributed by atoms with Gasteiger partial charge in [0.05, 0.1) is 26.3 Å². The Labute approximate surface area is 169 Å². The monoisotopic (exact) mass is 390 g/mol. The van der Waals surface area contributed by atoms with Crippen LogP contribution < -0.4 is 19.5 Å². The Kier molecular flexibility index (Phi) is 5.33. The van der Waals surface area contributed by atoms with Gasteiger partial charge in [-0.15, -0.1) is 0 Å². The summed E-state index contributed by atoms with van der Waals surface area (Å²) in [6.45, 7) is 0.393. The number of amides is 1. The molecule has 3 aromatic rings. The molecule has 4 rings (SSSR count). The van der Waals surface area contributed by atoms with E-state index < -0.39 is 0 Å². The lowest BCUT2D eigenvalue weighted by Crippen LogP contribution is -2.34. The van der Waals surface area contributed by atoms with Crippen LogP contribution in [0.3, 0.4) is 0 Å². The summed E-state index contributed by atoms with van der Waals surface area (Å²) in [5, 5.41) is 2.95. The average molecular weight is 390 g/mol. The first-order valence-corrected chi connectivity index (χ1v) is 9.38. The van der Waals surface area contributed by atoms with Crippen LogP contribution in [0.2, 0.25) is 0 Å². The van der Waals surface area contributed by atoms with Crippen molar-refractivity contribution < 1.29 is 19.0 Å². The van der Waals surface area contributed by atoms with Gasteiger partial charge in [0.1, 0.15) is 23.4 Å². The smallest absolute Gasteiger partial charge is 0.255 e. The minimum absolute atomic E-state index is 0.131. The topological polar surface area (TPSA) is 69.7 Å². The van der Waals surface area contributed by atoms with E-state index in [4.69, 9.17) is 14.2 Å². The minimum atomic E-state index is -0.227. The van der Waals surface area contributed by atoms with E-state index in [9.17, 15) is 4.79 Å². The largest absolute Gasteiger partial charge is 0.497 e. The van der Waals surface area contributed by atoms with Crippen LogP contribution >= 0.6 is 0 Å². The van der Waals surface area contributed by atoms with Crippen LogP contribution in [0.1, 0.15) is 15.9 Å². The van der Waals surface area contributed by atoms with Crippen LogP contribution in [-0.4, -0.2) is 37.8 Å². The fraction of sp³-hybridized carbons (Fsp3) is 0.217. The van der Waals surface area contributed by atoms with E-state index in [0.717, 1.165) is 28.9 Å². The van der Waals surface area contributed by atoms with Gasteiger partial charge < -0.3 is 19.5 Å². The number of pyridine rings is 1. The summed E-state index contributed by atoms with van der Waals surface area (Å²) in [6.07, 6.45) is 4.14. The van der Waals surface area contributed by atoms with Crippen molar-refractivity contribution in [3.8, 4) is 28.4 Å². The molecule has 1 amide bonds. The van der Waals surface area contributed by atoms with E-state index in [1.807, 2.05) is 24.3 Å². The van der Waals surface area contributed by atoms with Crippen molar-refractivity contribution in [2.75, 3.05) is 20.8 Å². The van der Waals surface area contributed by atoms with E-state index in [1.165, 1.54) is 7.11 Å². The maximum Gasteiger partial charge on any atom is 0.255 e. The lowest BCUT2D eigenvalue weighted by molar-refractivity contribution is 0.0930. The van der Waals surface area contributed by atoms with Crippen molar-refractivity contribution in [2.24, 2.45) is 0 Å². The van der Waals surface area contributed by atoms with Gasteiger partial charge in [-0.2, -0.15) is 0 Å². The highest BCUT2D eigenvalue weighted by molar-refractivity contribution is 5.97. The molecule has 0 saturated carbocycles. The number of nitrogens with one attached hydrogen (secondary N) is 1. The summed E-state index contributed by atoms with van der Waals surface area (Å²) < 4.78 is 16.7. The van der Waals surface area contributed by atoms with E-state index in [2.05, 4.69) is 16.4 Å². The lowest BCUT2D eigenvalue weighted by atomic mass is 10.0. The van der Waals surface area contributed by atoms with Crippen LogP contribution in [0.15, 0.2) is 60.9 Å². The molecule has 2 aromatic carbocycles. The Morgan fingerprint density at radius 2 is 1.97 bits per heavy atom. The summed E-state index contributed by atoms with van der Waals surface area (Å²) in [6, 6.07) is 15.2. The first-order chi connectivity index (χ1) is 14.2. The quantitative estimate of drug-likeness (QED) is 0.698. The van der Waals surface area contributed by atoms with Gasteiger partial charge in [-0.05, 0) is 41.5 Å². The first-order valence-electron chi connectivity index (χ1n) is 9.38. The summed E-state index contributed by atoms with van der Waals surface area (Å²) in [5.74, 6) is 1.74. The van der Waals surface area contributed by atoms with Gasteiger partial charge in [0.15, 0.2) is 0 Å². The van der Waals surface area contributed by atoms with E-state index in [1.54, 1.807) is 37.7 Å². The number of carbonyl (C=O) groups excluding carboxylic acids is 1. The van der Waals surface area contributed by atoms with Gasteiger partial charge in [-0.3, -0.25) is 9.78 Å². The number of hydrogen-bond acceptors (Lipinski definition) is 5. The minimum Gasteiger partial charge on any atom is -0.497 e. The Bertz CT molecular complexity index is 1020. The van der Waals surface area contributed by atoms with Gasteiger partial charge in [0, 0.05) is 24.4 Å². The SMILES string of the molecule is COc1ccc(OC)c(C(=O)NCC2Cc3cccc(-c4ccncc4)c3O2)c1. The number of para-hydroxylation sites is 1. The Morgan fingerprint density at radius 1 is 1.14 bits per heavy atom. The van der Waals surface area contributed by atoms with E-state index in [0.29, 0.717) is 23.6 Å². The number of carbonyl (C=O) groups is 1. The second-order valence-electron chi connectivity index (χ2n) is 6.75. The fourth-order valence-electron chi connectivity index (χ4n) is 3.50. The molecule has 0 saturated heterocycles. The van der Waals surface area contributed by atoms with Gasteiger partial charge in [0.25, 0.3) is 5.91 Å². The van der Waals surface area contributed by atoms with Crippen LogP contribution in [0.25, 0.3) is 11.1 Å². The predicted octanol–water partition coefficient (Wildman–Crippen LogP) is 3.50. The third kappa shape index (κ3) is 3.87. The van der Waals surface area contributed by atoms with Crippen LogP contribution in [-0.2, 0) is 6.42 Å². The van der Waals surface area contributed by atoms with Gasteiger partial charge in [-0.1, -0.05) is 18.2 Å². The zero-order valence-electron chi connectivity index (χ0n) is 16.3. The van der Waals surface area contributed by atoms with E-state index in [-0.39, 0.29) is 12.0 Å². The number of benzene rings is 2. The molecule has 0 fully saturated rings. The number of aromatic nitrogens is 1. The molecule has 1 unspecified atom stereocenters. The molecule has 1 N–H and O–H groups in total. The molecule has 6 nitrogen and oxygen atoms in total. The molecule has 1 aliphatic rings. The number of nitrogens with zero attached hydrogens (tertiary/aromatic N) is 1. The molecule has 6 heteroatoms. The second kappa shape index (κ2) is 8.22. The second-order valence-corrected chi connectivity index (χ2v) is 6.75. The highest BCUT2D eigenvalue weighted by Gasteiger charge is 2.26. The van der Waals surface area contributed by atoms with Crippen molar-refractivity contribution in [3.05, 3.63) is 72.1 Å². The lowest BCUT2D eigenvalue weighted by Gasteiger charge is -2.15. The van der Waals surface area contributed by atoms with Crippen LogP contribution in [0.4, 0.5) is 0 Å². The Morgan fingerprint density at radius 3 is 2.72 bits per heavy atom. The summed E-state index contributed by atoms with van der Waals surface area (Å²) >= 11 is 0. The van der Waals surface area contributed by atoms with Crippen molar-refractivity contribution in [1.29, 1.82) is 0 Å². The third-order valence-electron chi connectivity index (χ3n) is 4.96. The molecule has 1 aliphatic heterocycles. The van der Waals surface area contributed by atoms with Crippen LogP contribution in [0.5, 0.6) is 17.2 Å². The normalized spacial score (nSPS) is 14.6. The molecular formula is C23H22N2O4. The standard InChI is InChI=1S/C23H22N2O4/c1-27-17-6-7-21(28-2)20(13-17)23(26)25-14-18-12-16-4-3-5-19(22(16)29-18)15-8-10-24-11-9-15/h3-11,13,18H,12,14H2,1-2H3,(H,25,26). The zero-order chi connectivity index (χ0) is 20.2. The van der Waals surface area contributed by atoms with Gasteiger partial charge in [-0.25, -0.2) is 0 Å². The zero-order valence-corrected chi connectivity index (χ0v) is 16.3. The average Bonchev–Trinajstić information content (AvgIpc) is 3.20. The molecule has 0 spiro atoms. The van der Waals surface area contributed by atoms with Crippen molar-refractivity contribution in [1.82, 2.24) is 10.3 Å². The number of hydrogen-bond donors (Lipinski definition) is 1. The van der Waals surface area contributed by atoms with E-state index >= 15 is 0 Å². The molecule has 2 heterocycles. The summed E-state index contributed by atoms with van der Waals surface area (Å²) in [7, 11) is 3.10. The third-order valence-corrected chi connectivity index (χ3v) is 4.96. The molecule has 148 valence electrons. The highest BCUT2D eigenvalue weighted by atomic mass is 16.5. The summed E-state index contributed by atoms with van der Waals surface area (Å²) in [5.41, 5.74) is 3.66. The Hall–Kier alpha value is -3.54. The molecule has 1 atom stereocenters. The van der Waals surface area contributed by atoms with Crippen molar-refractivity contribution >= 4 is 5.91 Å². The van der Waals surface area contributed by atoms with Gasteiger partial charge in [0.2, 0.25) is 0 Å². The number of methoxy groups -OCH3 is 2. The molecule has 1 aromatic heterocycles. The number of fused-ring (bicyclic) bond motifs is 1. The number of rotatable bonds is 6. The molecular weight excluding hydrogens is 368 g/mol. The fourth-order valence-corrected chi connectivity index (χ4v) is 3.50. The number of ether oxygens (including phenoxy) is 3. The molecule has 0 bridgehead atoms.